The van der Waals surface area contributed by atoms with Gasteiger partial charge >= 0.3 is 0 Å². The molecule has 8 nitrogen and oxygen atoms in total. The number of aryl methyl sites for hydroxylation is 1. The second-order valence-electron chi connectivity index (χ2n) is 6.26. The van der Waals surface area contributed by atoms with Crippen LogP contribution in [0.15, 0.2) is 33.4 Å². The molecule has 0 saturated carbocycles. The molecule has 2 atom stereocenters. The van der Waals surface area contributed by atoms with Crippen LogP contribution in [0.5, 0.6) is 0 Å². The van der Waals surface area contributed by atoms with E-state index in [-0.39, 0.29) is 12.0 Å². The summed E-state index contributed by atoms with van der Waals surface area (Å²) in [5.74, 6) is 1.70. The second-order valence-corrected chi connectivity index (χ2v) is 6.26. The van der Waals surface area contributed by atoms with Crippen LogP contribution in [0.25, 0.3) is 11.6 Å². The number of aliphatic hydroxyl groups excluding tert-OH is 1. The van der Waals surface area contributed by atoms with Crippen molar-refractivity contribution in [3.63, 3.8) is 0 Å². The number of rotatable bonds is 5. The molecular weight excluding hydrogens is 310 g/mol. The Labute approximate surface area is 138 Å². The molecule has 1 saturated heterocycles. The minimum absolute atomic E-state index is 0.153. The molecule has 2 N–H and O–H groups in total. The molecule has 0 unspecified atom stereocenters. The third-order valence-corrected chi connectivity index (χ3v) is 4.28. The highest BCUT2D eigenvalue weighted by molar-refractivity contribution is 5.44. The van der Waals surface area contributed by atoms with Crippen molar-refractivity contribution in [3.05, 3.63) is 41.7 Å². The molecule has 24 heavy (non-hydrogen) atoms. The van der Waals surface area contributed by atoms with Crippen molar-refractivity contribution in [3.8, 4) is 11.6 Å². The minimum Gasteiger partial charge on any atom is -0.461 e. The molecule has 0 bridgehead atoms. The van der Waals surface area contributed by atoms with E-state index in [1.165, 1.54) is 0 Å². The van der Waals surface area contributed by atoms with E-state index < -0.39 is 0 Å². The topological polar surface area (TPSA) is 104 Å². The molecule has 3 aromatic heterocycles. The summed E-state index contributed by atoms with van der Waals surface area (Å²) in [5.41, 5.74) is 2.02. The third-order valence-electron chi connectivity index (χ3n) is 4.28. The Balaban J connectivity index is 1.37. The van der Waals surface area contributed by atoms with E-state index in [1.807, 2.05) is 13.0 Å². The number of aromatic nitrogens is 4. The first-order chi connectivity index (χ1) is 11.7. The van der Waals surface area contributed by atoms with E-state index in [4.69, 9.17) is 8.94 Å². The Morgan fingerprint density at radius 1 is 1.42 bits per heavy atom. The van der Waals surface area contributed by atoms with Crippen LogP contribution in [0.2, 0.25) is 0 Å². The Morgan fingerprint density at radius 2 is 2.33 bits per heavy atom. The lowest BCUT2D eigenvalue weighted by atomic mass is 10.0. The minimum atomic E-state index is -0.380. The predicted molar refractivity (Wildman–Crippen MR) is 83.8 cm³/mol. The summed E-state index contributed by atoms with van der Waals surface area (Å²) in [4.78, 5) is 6.46. The number of aliphatic hydroxyl groups is 1. The van der Waals surface area contributed by atoms with Crippen LogP contribution < -0.4 is 0 Å². The van der Waals surface area contributed by atoms with E-state index in [0.717, 1.165) is 24.4 Å². The molecule has 8 heteroatoms. The fourth-order valence-corrected chi connectivity index (χ4v) is 3.14. The Bertz CT molecular complexity index is 794. The maximum absolute atomic E-state index is 10.3. The summed E-state index contributed by atoms with van der Waals surface area (Å²) < 4.78 is 10.5. The van der Waals surface area contributed by atoms with Gasteiger partial charge in [0.05, 0.1) is 24.6 Å². The first-order valence-electron chi connectivity index (χ1n) is 7.95. The molecule has 4 heterocycles. The number of nitrogens with one attached hydrogen (secondary N) is 1. The van der Waals surface area contributed by atoms with Crippen LogP contribution in [0.1, 0.15) is 17.3 Å². The molecule has 0 radical (unpaired) electrons. The van der Waals surface area contributed by atoms with Crippen LogP contribution in [-0.2, 0) is 13.0 Å². The zero-order valence-electron chi connectivity index (χ0n) is 13.3. The summed E-state index contributed by atoms with van der Waals surface area (Å²) in [6, 6.07) is 5.59. The zero-order valence-corrected chi connectivity index (χ0v) is 13.3. The highest BCUT2D eigenvalue weighted by Gasteiger charge is 2.32. The van der Waals surface area contributed by atoms with E-state index in [0.29, 0.717) is 30.6 Å². The normalized spacial score (nSPS) is 21.6. The maximum atomic E-state index is 10.3. The molecule has 1 fully saturated rings. The van der Waals surface area contributed by atoms with Gasteiger partial charge in [-0.1, -0.05) is 5.16 Å². The van der Waals surface area contributed by atoms with Gasteiger partial charge in [0.15, 0.2) is 5.76 Å². The fourth-order valence-electron chi connectivity index (χ4n) is 3.14. The first-order valence-corrected chi connectivity index (χ1v) is 7.95. The fraction of sp³-hybridized carbons (Fsp3) is 0.438. The number of β-amino-alcohol motifs (C(OH)–C–C–N with tert-alkyl or cyclic N) is 1. The largest absolute Gasteiger partial charge is 0.461 e. The molecular formula is C16H19N5O3. The molecule has 3 aromatic rings. The summed E-state index contributed by atoms with van der Waals surface area (Å²) in [7, 11) is 0. The van der Waals surface area contributed by atoms with E-state index in [9.17, 15) is 5.11 Å². The average molecular weight is 329 g/mol. The maximum Gasteiger partial charge on any atom is 0.241 e. The quantitative estimate of drug-likeness (QED) is 0.729. The van der Waals surface area contributed by atoms with Gasteiger partial charge in [-0.2, -0.15) is 10.1 Å². The van der Waals surface area contributed by atoms with Gasteiger partial charge in [0.25, 0.3) is 0 Å². The summed E-state index contributed by atoms with van der Waals surface area (Å²) in [6.45, 7) is 3.85. The van der Waals surface area contributed by atoms with Gasteiger partial charge in [-0.05, 0) is 31.5 Å². The Hall–Kier alpha value is -2.45. The van der Waals surface area contributed by atoms with Crippen molar-refractivity contribution in [1.29, 1.82) is 0 Å². The molecule has 0 spiro atoms. The standard InChI is InChI=1S/C16H19N5O3/c1-10-5-12(19-18-10)6-11-7-21(8-13(11)22)9-15-17-16(20-24-15)14-3-2-4-23-14/h2-5,11,13,22H,6-9H2,1H3,(H,18,19)/t11-,13-/m1/s1. The van der Waals surface area contributed by atoms with E-state index >= 15 is 0 Å². The third kappa shape index (κ3) is 3.10. The molecule has 4 rings (SSSR count). The Kier molecular flexibility index (Phi) is 3.91. The highest BCUT2D eigenvalue weighted by Crippen LogP contribution is 2.23. The van der Waals surface area contributed by atoms with Gasteiger partial charge in [0, 0.05) is 24.7 Å². The monoisotopic (exact) mass is 329 g/mol. The summed E-state index contributed by atoms with van der Waals surface area (Å²) in [6.07, 6.45) is 1.95. The highest BCUT2D eigenvalue weighted by atomic mass is 16.5. The van der Waals surface area contributed by atoms with Crippen LogP contribution in [0.3, 0.4) is 0 Å². The van der Waals surface area contributed by atoms with E-state index in [2.05, 4.69) is 25.2 Å². The summed E-state index contributed by atoms with van der Waals surface area (Å²) in [5, 5.41) is 21.4. The van der Waals surface area contributed by atoms with Crippen molar-refractivity contribution >= 4 is 0 Å². The van der Waals surface area contributed by atoms with Crippen LogP contribution in [0.4, 0.5) is 0 Å². The van der Waals surface area contributed by atoms with Gasteiger partial charge in [0.1, 0.15) is 0 Å². The molecule has 0 aliphatic carbocycles. The van der Waals surface area contributed by atoms with Gasteiger partial charge < -0.3 is 14.0 Å². The van der Waals surface area contributed by atoms with Crippen LogP contribution in [0, 0.1) is 12.8 Å². The van der Waals surface area contributed by atoms with Gasteiger partial charge in [0.2, 0.25) is 11.7 Å². The van der Waals surface area contributed by atoms with Gasteiger partial charge in [-0.15, -0.1) is 0 Å². The van der Waals surface area contributed by atoms with Crippen LogP contribution >= 0.6 is 0 Å². The number of likely N-dealkylation sites (tertiary alicyclic amines) is 1. The Morgan fingerprint density at radius 3 is 3.08 bits per heavy atom. The van der Waals surface area contributed by atoms with Crippen molar-refractivity contribution in [2.45, 2.75) is 26.0 Å². The lowest BCUT2D eigenvalue weighted by Gasteiger charge is -2.12. The van der Waals surface area contributed by atoms with Gasteiger partial charge in [-0.3, -0.25) is 10.00 Å². The molecule has 0 amide bonds. The number of aromatic amines is 1. The number of hydrogen-bond donors (Lipinski definition) is 2. The lowest BCUT2D eigenvalue weighted by Crippen LogP contribution is -2.21. The number of H-pyrrole nitrogens is 1. The average Bonchev–Trinajstić information content (AvgIpc) is 3.29. The van der Waals surface area contributed by atoms with Crippen LogP contribution in [-0.4, -0.2) is 49.5 Å². The molecule has 126 valence electrons. The van der Waals surface area contributed by atoms with Crippen molar-refractivity contribution < 1.29 is 14.0 Å². The van der Waals surface area contributed by atoms with E-state index in [1.54, 1.807) is 18.4 Å². The smallest absolute Gasteiger partial charge is 0.241 e. The number of furan rings is 1. The number of hydrogen-bond acceptors (Lipinski definition) is 7. The predicted octanol–water partition coefficient (Wildman–Crippen LogP) is 1.40. The number of nitrogens with zero attached hydrogens (tertiary/aromatic N) is 4. The SMILES string of the molecule is Cc1cc(C[C@@H]2CN(Cc3nc(-c4ccco4)no3)C[C@H]2O)n[nH]1. The summed E-state index contributed by atoms with van der Waals surface area (Å²) >= 11 is 0. The zero-order chi connectivity index (χ0) is 16.5. The van der Waals surface area contributed by atoms with Crippen molar-refractivity contribution in [2.24, 2.45) is 5.92 Å². The lowest BCUT2D eigenvalue weighted by molar-refractivity contribution is 0.139. The molecule has 0 aromatic carbocycles. The molecule has 1 aliphatic rings. The van der Waals surface area contributed by atoms with Crippen molar-refractivity contribution in [2.75, 3.05) is 13.1 Å². The second kappa shape index (κ2) is 6.21. The first kappa shape index (κ1) is 15.1. The molecule has 1 aliphatic heterocycles. The van der Waals surface area contributed by atoms with Gasteiger partial charge in [-0.25, -0.2) is 0 Å². The van der Waals surface area contributed by atoms with Crippen molar-refractivity contribution in [1.82, 2.24) is 25.2 Å².